The van der Waals surface area contributed by atoms with Crippen molar-refractivity contribution < 1.29 is 4.55 Å². The first kappa shape index (κ1) is 19.8. The van der Waals surface area contributed by atoms with E-state index in [0.717, 1.165) is 37.3 Å². The van der Waals surface area contributed by atoms with Gasteiger partial charge in [-0.15, -0.1) is 4.72 Å². The molecule has 0 amide bonds. The first-order valence-corrected chi connectivity index (χ1v) is 10.7. The number of nitrogens with zero attached hydrogens (tertiary/aromatic N) is 4. The Morgan fingerprint density at radius 1 is 1.26 bits per heavy atom. The number of nitrogens with one attached hydrogen (secondary N) is 2. The summed E-state index contributed by atoms with van der Waals surface area (Å²) >= 11 is -0.938. The van der Waals surface area contributed by atoms with Crippen molar-refractivity contribution >= 4 is 28.1 Å². The molecular weight excluding hydrogens is 360 g/mol. The third kappa shape index (κ3) is 4.87. The van der Waals surface area contributed by atoms with Crippen molar-refractivity contribution in [2.75, 3.05) is 36.8 Å². The van der Waals surface area contributed by atoms with Crippen LogP contribution >= 0.6 is 0 Å². The molecule has 0 radical (unpaired) electrons. The van der Waals surface area contributed by atoms with Crippen molar-refractivity contribution in [1.29, 1.82) is 5.26 Å². The summed E-state index contributed by atoms with van der Waals surface area (Å²) in [5.74, 6) is 1.16. The Morgan fingerprint density at radius 3 is 2.78 bits per heavy atom. The minimum atomic E-state index is -0.938. The maximum Gasteiger partial charge on any atom is 0.122 e. The highest BCUT2D eigenvalue weighted by Crippen LogP contribution is 2.29. The van der Waals surface area contributed by atoms with Gasteiger partial charge in [0.25, 0.3) is 0 Å². The number of hydrogen-bond acceptors (Lipinski definition) is 7. The molecule has 0 aliphatic carbocycles. The van der Waals surface area contributed by atoms with Crippen LogP contribution in [0.1, 0.15) is 25.8 Å². The van der Waals surface area contributed by atoms with Gasteiger partial charge in [0.1, 0.15) is 22.9 Å². The van der Waals surface area contributed by atoms with Crippen molar-refractivity contribution in [2.24, 2.45) is 5.92 Å². The molecule has 1 fully saturated rings. The molecule has 1 saturated heterocycles. The number of hydrogen-bond donors (Lipinski definition) is 2. The normalized spacial score (nSPS) is 21.2. The summed E-state index contributed by atoms with van der Waals surface area (Å²) in [7, 11) is 0. The van der Waals surface area contributed by atoms with Gasteiger partial charge in [-0.3, -0.25) is 9.97 Å². The fourth-order valence-electron chi connectivity index (χ4n) is 3.63. The second-order valence-corrected chi connectivity index (χ2v) is 8.48. The van der Waals surface area contributed by atoms with Crippen LogP contribution in [0.3, 0.4) is 0 Å². The zero-order valence-corrected chi connectivity index (χ0v) is 16.6. The maximum absolute atomic E-state index is 11.5. The molecule has 1 aliphatic rings. The van der Waals surface area contributed by atoms with E-state index in [4.69, 9.17) is 0 Å². The summed E-state index contributed by atoms with van der Waals surface area (Å²) in [5, 5.41) is 12.9. The first-order chi connectivity index (χ1) is 13.1. The Balaban J connectivity index is 1.71. The average molecular weight is 387 g/mol. The number of fused-ring (bicyclic) bond motifs is 1. The third-order valence-electron chi connectivity index (χ3n) is 4.81. The second-order valence-electron chi connectivity index (χ2n) is 6.92. The molecule has 3 atom stereocenters. The lowest BCUT2D eigenvalue weighted by molar-refractivity contribution is 0.353. The molecule has 3 unspecified atom stereocenters. The minimum absolute atomic E-state index is 0.355. The molecule has 8 heteroatoms. The van der Waals surface area contributed by atoms with Crippen LogP contribution in [0, 0.1) is 17.2 Å². The summed E-state index contributed by atoms with van der Waals surface area (Å²) in [4.78, 5) is 11.2. The topological polar surface area (TPSA) is 99.9 Å². The van der Waals surface area contributed by atoms with Gasteiger partial charge in [0.05, 0.1) is 17.8 Å². The predicted molar refractivity (Wildman–Crippen MR) is 109 cm³/mol. The van der Waals surface area contributed by atoms with Crippen LogP contribution in [0.25, 0.3) is 11.0 Å². The molecule has 144 valence electrons. The van der Waals surface area contributed by atoms with E-state index in [1.54, 1.807) is 12.4 Å². The van der Waals surface area contributed by atoms with E-state index in [0.29, 0.717) is 35.3 Å². The number of rotatable bonds is 7. The number of nitriles is 1. The van der Waals surface area contributed by atoms with Gasteiger partial charge in [-0.1, -0.05) is 6.92 Å². The van der Waals surface area contributed by atoms with Crippen LogP contribution in [-0.2, 0) is 11.4 Å². The maximum atomic E-state index is 11.5. The van der Waals surface area contributed by atoms with Crippen molar-refractivity contribution in [3.05, 3.63) is 30.1 Å². The van der Waals surface area contributed by atoms with Gasteiger partial charge >= 0.3 is 0 Å². The Bertz CT molecular complexity index is 810. The van der Waals surface area contributed by atoms with Gasteiger partial charge in [-0.2, -0.15) is 5.26 Å². The fourth-order valence-corrected chi connectivity index (χ4v) is 4.16. The second kappa shape index (κ2) is 9.33. The number of anilines is 1. The van der Waals surface area contributed by atoms with E-state index in [1.807, 2.05) is 19.1 Å². The molecule has 2 N–H and O–H groups in total. The summed E-state index contributed by atoms with van der Waals surface area (Å²) in [5.41, 5.74) is 3.02. The van der Waals surface area contributed by atoms with E-state index < -0.39 is 11.4 Å². The largest absolute Gasteiger partial charge is 0.598 e. The van der Waals surface area contributed by atoms with Crippen LogP contribution in [0.2, 0.25) is 0 Å². The number of piperidine rings is 1. The molecular formula is C19H26N6OS. The van der Waals surface area contributed by atoms with Crippen molar-refractivity contribution in [3.8, 4) is 6.07 Å². The van der Waals surface area contributed by atoms with Crippen molar-refractivity contribution in [3.63, 3.8) is 0 Å². The van der Waals surface area contributed by atoms with Crippen molar-refractivity contribution in [1.82, 2.24) is 20.0 Å². The van der Waals surface area contributed by atoms with Gasteiger partial charge in [0, 0.05) is 49.4 Å². The summed E-state index contributed by atoms with van der Waals surface area (Å²) in [6.45, 7) is 7.46. The Morgan fingerprint density at radius 2 is 2.04 bits per heavy atom. The van der Waals surface area contributed by atoms with Crippen LogP contribution in [0.4, 0.5) is 5.69 Å². The zero-order valence-electron chi connectivity index (χ0n) is 15.8. The van der Waals surface area contributed by atoms with E-state index in [1.165, 1.54) is 0 Å². The third-order valence-corrected chi connectivity index (χ3v) is 5.86. The predicted octanol–water partition coefficient (Wildman–Crippen LogP) is 1.58. The summed E-state index contributed by atoms with van der Waals surface area (Å²) in [6.07, 6.45) is 4.41. The minimum Gasteiger partial charge on any atom is -0.598 e. The first-order valence-electron chi connectivity index (χ1n) is 9.36. The lowest BCUT2D eigenvalue weighted by atomic mass is 9.95. The molecule has 1 aromatic heterocycles. The Labute approximate surface area is 163 Å². The van der Waals surface area contributed by atoms with E-state index >= 15 is 0 Å². The quantitative estimate of drug-likeness (QED) is 0.550. The highest BCUT2D eigenvalue weighted by Gasteiger charge is 2.26. The van der Waals surface area contributed by atoms with Gasteiger partial charge in [-0.05, 0) is 31.4 Å². The lowest BCUT2D eigenvalue weighted by Gasteiger charge is -2.38. The molecule has 0 spiro atoms. The fraction of sp³-hybridized carbons (Fsp3) is 0.526. The smallest absolute Gasteiger partial charge is 0.122 e. The highest BCUT2D eigenvalue weighted by atomic mass is 32.2. The Hall–Kier alpha value is -1.92. The number of aromatic nitrogens is 2. The molecule has 0 saturated carbocycles. The molecule has 27 heavy (non-hydrogen) atoms. The molecule has 1 aliphatic heterocycles. The Kier molecular flexibility index (Phi) is 6.85. The van der Waals surface area contributed by atoms with Crippen LogP contribution < -0.4 is 14.9 Å². The molecule has 0 bridgehead atoms. The zero-order chi connectivity index (χ0) is 19.2. The summed E-state index contributed by atoms with van der Waals surface area (Å²) in [6, 6.07) is 6.37. The van der Waals surface area contributed by atoms with E-state index in [9.17, 15) is 9.81 Å². The average Bonchev–Trinajstić information content (AvgIpc) is 2.69. The van der Waals surface area contributed by atoms with E-state index in [2.05, 4.69) is 37.9 Å². The summed E-state index contributed by atoms with van der Waals surface area (Å²) < 4.78 is 14.5. The van der Waals surface area contributed by atoms with Gasteiger partial charge in [0.2, 0.25) is 0 Å². The van der Waals surface area contributed by atoms with Gasteiger partial charge in [-0.25, -0.2) is 0 Å². The molecule has 2 aromatic rings. The van der Waals surface area contributed by atoms with Crippen LogP contribution in [-0.4, -0.2) is 52.5 Å². The molecule has 1 aromatic carbocycles. The van der Waals surface area contributed by atoms with Gasteiger partial charge in [0.15, 0.2) is 0 Å². The molecule has 7 nitrogen and oxygen atoms in total. The van der Waals surface area contributed by atoms with E-state index in [-0.39, 0.29) is 0 Å². The molecule has 2 heterocycles. The monoisotopic (exact) mass is 386 g/mol. The van der Waals surface area contributed by atoms with Crippen LogP contribution in [0.5, 0.6) is 0 Å². The number of benzene rings is 1. The standard InChI is InChI=1S/C19H26N6OS/c1-3-27(26)24-9-8-21-16-10-14(2)12-25(13-16)17-5-4-15(11-20)18-19(17)23-7-6-22-18/h4-7,14,16,21,24H,3,8-10,12-13H2,1-2H3. The van der Waals surface area contributed by atoms with Crippen LogP contribution in [0.15, 0.2) is 24.5 Å². The lowest BCUT2D eigenvalue weighted by Crippen LogP contribution is -2.50. The molecule has 3 rings (SSSR count). The van der Waals surface area contributed by atoms with Crippen molar-refractivity contribution in [2.45, 2.75) is 26.3 Å². The highest BCUT2D eigenvalue weighted by molar-refractivity contribution is 7.89. The SMILES string of the molecule is CC[S+]([O-])NCCNC1CC(C)CN(c2ccc(C#N)c3nccnc23)C1. The van der Waals surface area contributed by atoms with Gasteiger partial charge < -0.3 is 14.8 Å².